The average Bonchev–Trinajstić information content (AvgIpc) is 2.76. The van der Waals surface area contributed by atoms with E-state index in [4.69, 9.17) is 5.73 Å². The van der Waals surface area contributed by atoms with Crippen LogP contribution in [0.5, 0.6) is 0 Å². The van der Waals surface area contributed by atoms with Crippen LogP contribution < -0.4 is 5.73 Å². The maximum absolute atomic E-state index is 5.56. The highest BCUT2D eigenvalue weighted by molar-refractivity contribution is 5.62. The monoisotopic (exact) mass is 204 g/mol. The highest BCUT2D eigenvalue weighted by Crippen LogP contribution is 2.23. The van der Waals surface area contributed by atoms with Gasteiger partial charge in [0.05, 0.1) is 11.9 Å². The van der Waals surface area contributed by atoms with Crippen molar-refractivity contribution in [2.75, 3.05) is 6.54 Å². The van der Waals surface area contributed by atoms with Crippen LogP contribution in [0.4, 0.5) is 0 Å². The molecule has 15 heavy (non-hydrogen) atoms. The topological polar surface area (TPSA) is 59.6 Å². The summed E-state index contributed by atoms with van der Waals surface area (Å²) in [6.45, 7) is 2.71. The zero-order valence-electron chi connectivity index (χ0n) is 9.12. The third-order valence-corrected chi connectivity index (χ3v) is 2.73. The molecule has 0 aromatic carbocycles. The maximum Gasteiger partial charge on any atom is 0.0583 e. The molecule has 0 saturated carbocycles. The minimum absolute atomic E-state index is 0.682. The zero-order chi connectivity index (χ0) is 10.8. The number of rotatable bonds is 3. The maximum atomic E-state index is 5.56. The predicted molar refractivity (Wildman–Crippen MR) is 60.5 cm³/mol. The summed E-state index contributed by atoms with van der Waals surface area (Å²) in [5, 5.41) is 6.98. The molecule has 0 unspecified atom stereocenters. The normalized spacial score (nSPS) is 10.9. The summed E-state index contributed by atoms with van der Waals surface area (Å²) in [5.74, 6) is 0. The summed E-state index contributed by atoms with van der Waals surface area (Å²) in [6.07, 6.45) is 2.77. The highest BCUT2D eigenvalue weighted by Gasteiger charge is 2.09. The van der Waals surface area contributed by atoms with E-state index in [-0.39, 0.29) is 0 Å². The fraction of sp³-hybridized carbons (Fsp3) is 0.364. The van der Waals surface area contributed by atoms with Crippen LogP contribution in [-0.4, -0.2) is 21.3 Å². The van der Waals surface area contributed by atoms with Crippen molar-refractivity contribution in [3.8, 4) is 11.3 Å². The molecule has 0 spiro atoms. The third-order valence-electron chi connectivity index (χ3n) is 2.73. The van der Waals surface area contributed by atoms with E-state index in [1.807, 2.05) is 13.1 Å². The van der Waals surface area contributed by atoms with E-state index >= 15 is 0 Å². The van der Waals surface area contributed by atoms with Gasteiger partial charge in [-0.15, -0.1) is 0 Å². The SMILES string of the molecule is Cc1[nH]ncc1-c1ccc(CCN)n1C. The summed E-state index contributed by atoms with van der Waals surface area (Å²) in [7, 11) is 2.06. The van der Waals surface area contributed by atoms with E-state index in [0.29, 0.717) is 6.54 Å². The van der Waals surface area contributed by atoms with Gasteiger partial charge < -0.3 is 10.3 Å². The van der Waals surface area contributed by atoms with E-state index in [1.54, 1.807) is 0 Å². The molecule has 0 amide bonds. The molecular formula is C11H16N4. The minimum atomic E-state index is 0.682. The minimum Gasteiger partial charge on any atom is -0.348 e. The number of aryl methyl sites for hydroxylation is 1. The lowest BCUT2D eigenvalue weighted by molar-refractivity contribution is 0.812. The second-order valence-corrected chi connectivity index (χ2v) is 3.72. The number of nitrogens with one attached hydrogen (secondary N) is 1. The fourth-order valence-corrected chi connectivity index (χ4v) is 1.83. The first-order chi connectivity index (χ1) is 7.24. The third kappa shape index (κ3) is 1.68. The quantitative estimate of drug-likeness (QED) is 0.789. The molecule has 2 heterocycles. The van der Waals surface area contributed by atoms with Crippen LogP contribution in [0, 0.1) is 6.92 Å². The number of aromatic amines is 1. The largest absolute Gasteiger partial charge is 0.348 e. The van der Waals surface area contributed by atoms with Crippen molar-refractivity contribution in [2.24, 2.45) is 12.8 Å². The molecule has 3 N–H and O–H groups in total. The van der Waals surface area contributed by atoms with E-state index in [2.05, 4.69) is 33.9 Å². The average molecular weight is 204 g/mol. The van der Waals surface area contributed by atoms with Gasteiger partial charge in [0.15, 0.2) is 0 Å². The Hall–Kier alpha value is -1.55. The number of hydrogen-bond donors (Lipinski definition) is 2. The lowest BCUT2D eigenvalue weighted by atomic mass is 10.2. The fourth-order valence-electron chi connectivity index (χ4n) is 1.83. The van der Waals surface area contributed by atoms with Gasteiger partial charge in [-0.3, -0.25) is 5.10 Å². The van der Waals surface area contributed by atoms with Crippen molar-refractivity contribution in [1.29, 1.82) is 0 Å². The van der Waals surface area contributed by atoms with Crippen LogP contribution in [0.3, 0.4) is 0 Å². The van der Waals surface area contributed by atoms with Gasteiger partial charge in [0.2, 0.25) is 0 Å². The van der Waals surface area contributed by atoms with Crippen molar-refractivity contribution in [2.45, 2.75) is 13.3 Å². The molecule has 2 aromatic heterocycles. The van der Waals surface area contributed by atoms with E-state index in [1.165, 1.54) is 11.4 Å². The molecule has 0 atom stereocenters. The van der Waals surface area contributed by atoms with E-state index < -0.39 is 0 Å². The number of H-pyrrole nitrogens is 1. The molecule has 0 saturated heterocycles. The van der Waals surface area contributed by atoms with Crippen LogP contribution in [-0.2, 0) is 13.5 Å². The Morgan fingerprint density at radius 1 is 1.47 bits per heavy atom. The summed E-state index contributed by atoms with van der Waals surface area (Å²) >= 11 is 0. The van der Waals surface area contributed by atoms with Gasteiger partial charge in [-0.1, -0.05) is 0 Å². The van der Waals surface area contributed by atoms with Crippen molar-refractivity contribution >= 4 is 0 Å². The Balaban J connectivity index is 2.42. The van der Waals surface area contributed by atoms with Gasteiger partial charge in [-0.25, -0.2) is 0 Å². The Labute approximate surface area is 89.1 Å². The number of aromatic nitrogens is 3. The lowest BCUT2D eigenvalue weighted by Gasteiger charge is -2.06. The Morgan fingerprint density at radius 3 is 2.87 bits per heavy atom. The van der Waals surface area contributed by atoms with Crippen LogP contribution in [0.2, 0.25) is 0 Å². The van der Waals surface area contributed by atoms with E-state index in [0.717, 1.165) is 17.7 Å². The van der Waals surface area contributed by atoms with Crippen molar-refractivity contribution in [1.82, 2.24) is 14.8 Å². The Kier molecular flexibility index (Phi) is 2.60. The summed E-state index contributed by atoms with van der Waals surface area (Å²) in [4.78, 5) is 0. The molecular weight excluding hydrogens is 188 g/mol. The van der Waals surface area contributed by atoms with Gasteiger partial charge >= 0.3 is 0 Å². The Bertz CT molecular complexity index is 453. The van der Waals surface area contributed by atoms with Crippen molar-refractivity contribution in [3.05, 3.63) is 29.7 Å². The molecule has 0 aliphatic rings. The second kappa shape index (κ2) is 3.90. The number of hydrogen-bond acceptors (Lipinski definition) is 2. The molecule has 80 valence electrons. The first kappa shape index (κ1) is 9.98. The predicted octanol–water partition coefficient (Wildman–Crippen LogP) is 1.22. The van der Waals surface area contributed by atoms with Gasteiger partial charge in [-0.05, 0) is 32.0 Å². The first-order valence-corrected chi connectivity index (χ1v) is 5.09. The van der Waals surface area contributed by atoms with E-state index in [9.17, 15) is 0 Å². The van der Waals surface area contributed by atoms with Gasteiger partial charge in [-0.2, -0.15) is 5.10 Å². The van der Waals surface area contributed by atoms with Crippen LogP contribution in [0.1, 0.15) is 11.4 Å². The van der Waals surface area contributed by atoms with Gasteiger partial charge in [0.1, 0.15) is 0 Å². The van der Waals surface area contributed by atoms with Crippen LogP contribution in [0.15, 0.2) is 18.3 Å². The van der Waals surface area contributed by atoms with Crippen LogP contribution in [0.25, 0.3) is 11.3 Å². The zero-order valence-corrected chi connectivity index (χ0v) is 9.12. The molecule has 0 aliphatic heterocycles. The first-order valence-electron chi connectivity index (χ1n) is 5.09. The number of nitrogens with zero attached hydrogens (tertiary/aromatic N) is 2. The summed E-state index contributed by atoms with van der Waals surface area (Å²) < 4.78 is 2.17. The molecule has 4 nitrogen and oxygen atoms in total. The standard InChI is InChI=1S/C11H16N4/c1-8-10(7-13-14-8)11-4-3-9(5-6-12)15(11)2/h3-4,7H,5-6,12H2,1-2H3,(H,13,14). The van der Waals surface area contributed by atoms with Gasteiger partial charge in [0.25, 0.3) is 0 Å². The summed E-state index contributed by atoms with van der Waals surface area (Å²) in [6, 6.07) is 4.23. The molecule has 0 fully saturated rings. The summed E-state index contributed by atoms with van der Waals surface area (Å²) in [5.41, 5.74) is 10.2. The van der Waals surface area contributed by atoms with Crippen molar-refractivity contribution < 1.29 is 0 Å². The molecule has 2 rings (SSSR count). The Morgan fingerprint density at radius 2 is 2.27 bits per heavy atom. The number of nitrogens with two attached hydrogens (primary N) is 1. The molecule has 0 bridgehead atoms. The molecule has 0 aliphatic carbocycles. The second-order valence-electron chi connectivity index (χ2n) is 3.72. The smallest absolute Gasteiger partial charge is 0.0583 e. The van der Waals surface area contributed by atoms with Crippen LogP contribution >= 0.6 is 0 Å². The molecule has 2 aromatic rings. The van der Waals surface area contributed by atoms with Gasteiger partial charge in [0, 0.05) is 24.0 Å². The highest BCUT2D eigenvalue weighted by atomic mass is 15.1. The lowest BCUT2D eigenvalue weighted by Crippen LogP contribution is -2.07. The van der Waals surface area contributed by atoms with Crippen molar-refractivity contribution in [3.63, 3.8) is 0 Å². The molecule has 4 heteroatoms. The molecule has 0 radical (unpaired) electrons.